The van der Waals surface area contributed by atoms with Gasteiger partial charge in [0, 0.05) is 30.1 Å². The summed E-state index contributed by atoms with van der Waals surface area (Å²) < 4.78 is 0. The van der Waals surface area contributed by atoms with Crippen LogP contribution in [0.25, 0.3) is 10.4 Å². The highest BCUT2D eigenvalue weighted by Gasteiger charge is 2.45. The van der Waals surface area contributed by atoms with E-state index < -0.39 is 89.1 Å². The Hall–Kier alpha value is -4.52. The number of nitrogens with zero attached hydrogens (tertiary/aromatic N) is 1. The number of carbonyl (C=O) groups excluding carboxylic acids is 7. The van der Waals surface area contributed by atoms with Crippen molar-refractivity contribution in [2.75, 3.05) is 24.6 Å². The fourth-order valence-electron chi connectivity index (χ4n) is 5.98. The van der Waals surface area contributed by atoms with Gasteiger partial charge in [-0.2, -0.15) is 0 Å². The van der Waals surface area contributed by atoms with Crippen LogP contribution < -0.4 is 38.1 Å². The Labute approximate surface area is 315 Å². The Morgan fingerprint density at radius 2 is 1.60 bits per heavy atom. The van der Waals surface area contributed by atoms with E-state index in [0.29, 0.717) is 5.56 Å². The van der Waals surface area contributed by atoms with Gasteiger partial charge in [0.25, 0.3) is 0 Å². The zero-order chi connectivity index (χ0) is 39.2. The molecule has 0 spiro atoms. The van der Waals surface area contributed by atoms with Crippen LogP contribution in [0.5, 0.6) is 0 Å². The second-order valence-electron chi connectivity index (χ2n) is 14.3. The lowest BCUT2D eigenvalue weighted by Crippen LogP contribution is -2.59. The Balaban J connectivity index is 1.72. The van der Waals surface area contributed by atoms with Crippen LogP contribution in [0.3, 0.4) is 0 Å². The summed E-state index contributed by atoms with van der Waals surface area (Å²) in [5.41, 5.74) is 12.8. The molecule has 7 atom stereocenters. The molecule has 0 bridgehead atoms. The zero-order valence-electron chi connectivity index (χ0n) is 30.3. The molecule has 4 rings (SSSR count). The molecule has 7 amide bonds. The summed E-state index contributed by atoms with van der Waals surface area (Å²) in [4.78, 5) is 96.0. The summed E-state index contributed by atoms with van der Waals surface area (Å²) in [6, 6.07) is 1.45. The summed E-state index contributed by atoms with van der Waals surface area (Å²) in [5.74, 6) is -5.52. The number of hydrogen-bond donors (Lipinski definition) is 8. The number of aliphatic hydroxyl groups excluding tert-OH is 1. The first-order valence-electron chi connectivity index (χ1n) is 17.1. The van der Waals surface area contributed by atoms with Crippen LogP contribution in [0.1, 0.15) is 51.3 Å². The summed E-state index contributed by atoms with van der Waals surface area (Å²) in [6.45, 7) is 8.00. The molecule has 0 saturated carbocycles. The van der Waals surface area contributed by atoms with Gasteiger partial charge in [-0.15, -0.1) is 23.1 Å². The lowest BCUT2D eigenvalue weighted by Gasteiger charge is -2.35. The third kappa shape index (κ3) is 10.3. The maximum atomic E-state index is 14.1. The van der Waals surface area contributed by atoms with Crippen LogP contribution in [-0.4, -0.2) is 112 Å². The number of thiophene rings is 1. The van der Waals surface area contributed by atoms with Gasteiger partial charge in [-0.25, -0.2) is 0 Å². The van der Waals surface area contributed by atoms with E-state index in [2.05, 4.69) is 26.6 Å². The van der Waals surface area contributed by atoms with E-state index in [-0.39, 0.29) is 31.0 Å². The number of nitrogens with one attached hydrogen (secondary N) is 5. The van der Waals surface area contributed by atoms with Crippen LogP contribution in [-0.2, 0) is 33.6 Å². The molecule has 0 unspecified atom stereocenters. The van der Waals surface area contributed by atoms with Gasteiger partial charge in [-0.1, -0.05) is 45.0 Å². The molecule has 1 aromatic carbocycles. The maximum absolute atomic E-state index is 14.1. The highest BCUT2D eigenvalue weighted by molar-refractivity contribution is 8.00. The first-order chi connectivity index (χ1) is 24.9. The van der Waals surface area contributed by atoms with Gasteiger partial charge in [0.05, 0.1) is 11.9 Å². The largest absolute Gasteiger partial charge is 0.391 e. The number of hydrogen-bond acceptors (Lipinski definition) is 11. The van der Waals surface area contributed by atoms with Crippen molar-refractivity contribution < 1.29 is 38.7 Å². The lowest BCUT2D eigenvalue weighted by atomic mass is 9.85. The van der Waals surface area contributed by atoms with Gasteiger partial charge in [0.1, 0.15) is 36.3 Å². The number of aryl methyl sites for hydroxylation is 1. The normalized spacial score (nSPS) is 27.4. The van der Waals surface area contributed by atoms with Crippen molar-refractivity contribution in [1.29, 1.82) is 0 Å². The van der Waals surface area contributed by atoms with Crippen molar-refractivity contribution in [1.82, 2.24) is 31.5 Å². The second-order valence-corrected chi connectivity index (χ2v) is 16.2. The monoisotopic (exact) mass is 772 g/mol. The minimum atomic E-state index is -1.36. The summed E-state index contributed by atoms with van der Waals surface area (Å²) >= 11 is 2.52. The van der Waals surface area contributed by atoms with E-state index in [1.165, 1.54) is 11.8 Å². The molecule has 3 heterocycles. The van der Waals surface area contributed by atoms with Gasteiger partial charge in [-0.3, -0.25) is 33.6 Å². The number of thioether (sulfide) groups is 1. The SMILES string of the molecule is Cc1ccsc1-c1ccc([C@@H]2NC(=O)[C@@H]3C[C@@H](O)CN3C(=O)[C@H](C(C)(C)C)NC(=O)CSC[C@H](C(N)=O)NC(=O)[C@@H](CN)NC(=O)[C@@H](C)NC2=O)cc1. The van der Waals surface area contributed by atoms with Gasteiger partial charge in [-0.05, 0) is 47.4 Å². The van der Waals surface area contributed by atoms with E-state index in [4.69, 9.17) is 11.5 Å². The van der Waals surface area contributed by atoms with Crippen molar-refractivity contribution in [2.24, 2.45) is 16.9 Å². The Bertz CT molecular complexity index is 1710. The summed E-state index contributed by atoms with van der Waals surface area (Å²) in [7, 11) is 0. The van der Waals surface area contributed by atoms with Gasteiger partial charge < -0.3 is 48.1 Å². The third-order valence-electron chi connectivity index (χ3n) is 9.00. The summed E-state index contributed by atoms with van der Waals surface area (Å²) in [5, 5.41) is 25.6. The van der Waals surface area contributed by atoms with E-state index in [9.17, 15) is 38.7 Å². The lowest BCUT2D eigenvalue weighted by molar-refractivity contribution is -0.144. The molecule has 2 aliphatic heterocycles. The highest BCUT2D eigenvalue weighted by atomic mass is 32.2. The molecule has 10 N–H and O–H groups in total. The Morgan fingerprint density at radius 1 is 0.925 bits per heavy atom. The fourth-order valence-corrected chi connectivity index (χ4v) is 7.79. The van der Waals surface area contributed by atoms with E-state index >= 15 is 0 Å². The highest BCUT2D eigenvalue weighted by Crippen LogP contribution is 2.31. The number of benzene rings is 1. The molecular weight excluding hydrogens is 725 g/mol. The number of amides is 7. The van der Waals surface area contributed by atoms with Crippen molar-refractivity contribution in [3.8, 4) is 10.4 Å². The van der Waals surface area contributed by atoms with Crippen molar-refractivity contribution >= 4 is 64.4 Å². The van der Waals surface area contributed by atoms with Crippen LogP contribution in [0, 0.1) is 12.3 Å². The smallest absolute Gasteiger partial charge is 0.247 e. The standard InChI is InChI=1S/C35H48N8O8S2/c1-17-10-11-53-27(17)20-8-6-19(7-9-20)26-33(50)38-18(2)30(47)39-22(13-36)31(48)40-23(29(37)46)15-52-16-25(45)41-28(35(3,4)5)34(51)43-14-21(44)12-24(43)32(49)42-26/h6-11,18,21-24,26,28,44H,12-16,36H2,1-5H3,(H2,37,46)(H,38,50)(H,39,47)(H,40,48)(H,41,45)(H,42,49)/t18-,21-,22-,23-,24+,26+,28-/m1/s1. The average Bonchev–Trinajstić information content (AvgIpc) is 3.71. The predicted octanol–water partition coefficient (Wildman–Crippen LogP) is -0.961. The number of fused-ring (bicyclic) bond motifs is 1. The number of primary amides is 1. The van der Waals surface area contributed by atoms with E-state index in [1.807, 2.05) is 18.4 Å². The molecule has 2 aromatic rings. The van der Waals surface area contributed by atoms with Crippen LogP contribution in [0.15, 0.2) is 35.7 Å². The first kappa shape index (κ1) is 41.2. The van der Waals surface area contributed by atoms with E-state index in [0.717, 1.165) is 27.8 Å². The van der Waals surface area contributed by atoms with Crippen LogP contribution >= 0.6 is 23.1 Å². The molecule has 2 aliphatic rings. The molecule has 18 heteroatoms. The molecule has 53 heavy (non-hydrogen) atoms. The number of nitrogens with two attached hydrogens (primary N) is 2. The van der Waals surface area contributed by atoms with Crippen LogP contribution in [0.2, 0.25) is 0 Å². The van der Waals surface area contributed by atoms with Gasteiger partial charge >= 0.3 is 0 Å². The quantitative estimate of drug-likeness (QED) is 0.189. The number of rotatable bonds is 4. The summed E-state index contributed by atoms with van der Waals surface area (Å²) in [6.07, 6.45) is -1.19. The maximum Gasteiger partial charge on any atom is 0.247 e. The minimum absolute atomic E-state index is 0.115. The fraction of sp³-hybridized carbons (Fsp3) is 0.514. The van der Waals surface area contributed by atoms with E-state index in [1.54, 1.807) is 56.4 Å². The Kier molecular flexibility index (Phi) is 13.6. The molecule has 288 valence electrons. The predicted molar refractivity (Wildman–Crippen MR) is 200 cm³/mol. The molecule has 2 fully saturated rings. The van der Waals surface area contributed by atoms with Crippen molar-refractivity contribution in [3.63, 3.8) is 0 Å². The number of carbonyl (C=O) groups is 7. The van der Waals surface area contributed by atoms with Crippen molar-refractivity contribution in [2.45, 2.75) is 83.4 Å². The molecular formula is C35H48N8O8S2. The second kappa shape index (κ2) is 17.5. The average molecular weight is 773 g/mol. The molecule has 2 saturated heterocycles. The van der Waals surface area contributed by atoms with Crippen LogP contribution in [0.4, 0.5) is 0 Å². The third-order valence-corrected chi connectivity index (χ3v) is 11.1. The molecule has 1 aromatic heterocycles. The first-order valence-corrected chi connectivity index (χ1v) is 19.2. The minimum Gasteiger partial charge on any atom is -0.391 e. The Morgan fingerprint density at radius 3 is 2.19 bits per heavy atom. The molecule has 0 aliphatic carbocycles. The molecule has 0 radical (unpaired) electrons. The number of aliphatic hydroxyl groups is 1. The zero-order valence-corrected chi connectivity index (χ0v) is 31.9. The van der Waals surface area contributed by atoms with Gasteiger partial charge in [0.15, 0.2) is 0 Å². The van der Waals surface area contributed by atoms with Gasteiger partial charge in [0.2, 0.25) is 41.4 Å². The molecule has 16 nitrogen and oxygen atoms in total. The van der Waals surface area contributed by atoms with Crippen molar-refractivity contribution in [3.05, 3.63) is 46.8 Å². The topological polar surface area (TPSA) is 255 Å².